The summed E-state index contributed by atoms with van der Waals surface area (Å²) in [5, 5.41) is 0. The van der Waals surface area contributed by atoms with E-state index in [0.717, 1.165) is 53.6 Å². The number of nitrogens with zero attached hydrogens (tertiary/aromatic N) is 20. The summed E-state index contributed by atoms with van der Waals surface area (Å²) in [6.45, 7) is 31.7. The van der Waals surface area contributed by atoms with Crippen molar-refractivity contribution in [3.8, 4) is 56.9 Å². The Morgan fingerprint density at radius 3 is 0.955 bits per heavy atom. The predicted octanol–water partition coefficient (Wildman–Crippen LogP) is 16.6. The third-order valence-corrected chi connectivity index (χ3v) is 23.6. The number of pyridine rings is 5. The van der Waals surface area contributed by atoms with E-state index in [-0.39, 0.29) is 5.41 Å². The second-order valence-electron chi connectivity index (χ2n) is 34.9. The maximum absolute atomic E-state index is 4.44. The normalized spacial score (nSPS) is 13.7. The lowest BCUT2D eigenvalue weighted by Gasteiger charge is -2.23. The Bertz CT molecular complexity index is 5820. The van der Waals surface area contributed by atoms with Crippen LogP contribution in [0.5, 0.6) is 0 Å². The molecule has 15 aromatic rings. The van der Waals surface area contributed by atoms with Crippen LogP contribution in [0.1, 0.15) is 219 Å². The molecule has 17 rings (SSSR count). The van der Waals surface area contributed by atoms with E-state index < -0.39 is 0 Å². The molecule has 588 valence electrons. The third-order valence-electron chi connectivity index (χ3n) is 23.6. The number of imidazole rings is 10. The molecular weight excluding hydrogens is 1390 g/mol. The van der Waals surface area contributed by atoms with Crippen molar-refractivity contribution in [1.82, 2.24) is 69.8 Å². The van der Waals surface area contributed by atoms with Crippen molar-refractivity contribution in [1.29, 1.82) is 0 Å². The van der Waals surface area contributed by atoms with E-state index in [0.29, 0.717) is 23.7 Å². The first-order chi connectivity index (χ1) is 53.3. The maximum atomic E-state index is 4.44. The molecule has 20 heteroatoms. The molecule has 0 spiro atoms. The van der Waals surface area contributed by atoms with Crippen LogP contribution in [-0.4, -0.2) is 69.8 Å². The highest BCUT2D eigenvalue weighted by Gasteiger charge is 2.30. The van der Waals surface area contributed by atoms with E-state index in [9.17, 15) is 0 Å². The average molecular weight is 1510 g/mol. The third kappa shape index (κ3) is 16.3. The zero-order valence-electron chi connectivity index (χ0n) is 71.6. The maximum Gasteiger partial charge on any atom is 0.230 e. The van der Waals surface area contributed by atoms with Gasteiger partial charge in [-0.25, -0.2) is 24.9 Å². The minimum absolute atomic E-state index is 0.282. The van der Waals surface area contributed by atoms with Gasteiger partial charge in [-0.2, -0.15) is 22.8 Å². The highest BCUT2D eigenvalue weighted by Crippen LogP contribution is 2.39. The fraction of sp³-hybridized carbons (Fsp3) is 0.457. The van der Waals surface area contributed by atoms with Crippen LogP contribution in [0, 0.1) is 32.1 Å². The highest BCUT2D eigenvalue weighted by molar-refractivity contribution is 5.62. The number of aryl methyl sites for hydroxylation is 13. The van der Waals surface area contributed by atoms with Crippen LogP contribution in [0.2, 0.25) is 0 Å². The molecule has 2 fully saturated rings. The van der Waals surface area contributed by atoms with Crippen LogP contribution in [0.3, 0.4) is 0 Å². The van der Waals surface area contributed by atoms with Gasteiger partial charge in [-0.1, -0.05) is 108 Å². The van der Waals surface area contributed by atoms with Crippen molar-refractivity contribution in [3.05, 3.63) is 210 Å². The molecule has 0 aliphatic heterocycles. The largest absolute Gasteiger partial charge is 0.308 e. The zero-order chi connectivity index (χ0) is 80.0. The topological polar surface area (TPSA) is 131 Å². The van der Waals surface area contributed by atoms with E-state index in [4.69, 9.17) is 0 Å². The molecule has 2 aliphatic rings. The van der Waals surface area contributed by atoms with Gasteiger partial charge in [-0.15, -0.1) is 0 Å². The van der Waals surface area contributed by atoms with Crippen molar-refractivity contribution in [2.45, 2.75) is 197 Å². The van der Waals surface area contributed by atoms with Gasteiger partial charge in [0.2, 0.25) is 57.4 Å². The van der Waals surface area contributed by atoms with E-state index in [1.165, 1.54) is 170 Å². The summed E-state index contributed by atoms with van der Waals surface area (Å²) < 4.78 is 32.4. The molecule has 15 aromatic heterocycles. The van der Waals surface area contributed by atoms with Crippen LogP contribution in [0.15, 0.2) is 154 Å². The molecule has 0 bridgehead atoms. The van der Waals surface area contributed by atoms with Crippen LogP contribution < -0.4 is 22.8 Å². The van der Waals surface area contributed by atoms with Gasteiger partial charge >= 0.3 is 0 Å². The molecule has 0 radical (unpaired) electrons. The number of aromatic nitrogens is 20. The number of hydrogen-bond donors (Lipinski definition) is 0. The monoisotopic (exact) mass is 1510 g/mol. The van der Waals surface area contributed by atoms with Gasteiger partial charge in [0.15, 0.2) is 31.0 Å². The van der Waals surface area contributed by atoms with Crippen molar-refractivity contribution in [2.24, 2.45) is 81.8 Å². The second kappa shape index (κ2) is 32.7. The van der Waals surface area contributed by atoms with Gasteiger partial charge in [-0.05, 0) is 128 Å². The molecule has 2 saturated carbocycles. The van der Waals surface area contributed by atoms with Crippen molar-refractivity contribution < 1.29 is 22.8 Å². The predicted molar refractivity (Wildman–Crippen MR) is 449 cm³/mol. The molecule has 0 atom stereocenters. The fourth-order valence-corrected chi connectivity index (χ4v) is 17.6. The van der Waals surface area contributed by atoms with Crippen LogP contribution in [0.25, 0.3) is 85.8 Å². The quantitative estimate of drug-likeness (QED) is 0.106. The number of hydrogen-bond acceptors (Lipinski definition) is 5. The Kier molecular flexibility index (Phi) is 23.2. The first kappa shape index (κ1) is 79.6. The standard InChI is InChI=1S/C19H25N4.C19H27N4.C18H23N4.2C18H25N4/c1-14-12-21(2)17(11-16(14)15-7-5-4-6-8-15)18-13-23-10-9-20-19(23)22(18)3;1-13(2)9-15-10-17(21(5)11-16(15)14(3)4)18-12-23-8-7-20-19(23)22(18)6;1-13-11-20(2)16(10-15(13)14-6-4-5-7-14)17-12-22-9-8-19-18(22)21(17)3;1-13-11-20(5)15(9-14(13)10-18(2,3)4)16-12-22-8-7-19-17(22)21(16)6;1-12(2)14-9-16(20(5)10-15(14)13(3)4)17-11-22-8-7-19-18(22)21(17)6/h9-13,15H,4-8H2,1-3H3;7-8,10-14H,9H2,1-6H3;8-12,14H,4-7H2,1-3H3;7-9,11-12H,10H2,1-6H3;7-13H,1-6H3/q5*+1. The van der Waals surface area contributed by atoms with Crippen LogP contribution in [0.4, 0.5) is 0 Å². The summed E-state index contributed by atoms with van der Waals surface area (Å²) in [5.41, 5.74) is 26.9. The van der Waals surface area contributed by atoms with E-state index in [2.05, 4.69) is 352 Å². The van der Waals surface area contributed by atoms with Gasteiger partial charge in [0.1, 0.15) is 63.7 Å². The van der Waals surface area contributed by atoms with Crippen LogP contribution in [-0.2, 0) is 83.3 Å². The summed E-state index contributed by atoms with van der Waals surface area (Å²) in [7, 11) is 21.1. The minimum atomic E-state index is 0.282. The summed E-state index contributed by atoms with van der Waals surface area (Å²) in [5.74, 6) is 8.58. The molecule has 0 N–H and O–H groups in total. The Morgan fingerprint density at radius 1 is 0.357 bits per heavy atom. The Hall–Kier alpha value is -10.5. The molecule has 0 aromatic carbocycles. The summed E-state index contributed by atoms with van der Waals surface area (Å²) in [6, 6.07) is 11.9. The summed E-state index contributed by atoms with van der Waals surface area (Å²) >= 11 is 0. The lowest BCUT2D eigenvalue weighted by molar-refractivity contribution is -0.661. The van der Waals surface area contributed by atoms with Gasteiger partial charge in [0.25, 0.3) is 0 Å². The second-order valence-corrected chi connectivity index (χ2v) is 34.9. The summed E-state index contributed by atoms with van der Waals surface area (Å²) in [6.07, 6.45) is 55.8. The molecule has 0 saturated heterocycles. The zero-order valence-corrected chi connectivity index (χ0v) is 71.6. The lowest BCUT2D eigenvalue weighted by Crippen LogP contribution is -2.33. The highest BCUT2D eigenvalue weighted by atomic mass is 15.2. The van der Waals surface area contributed by atoms with Crippen molar-refractivity contribution in [2.75, 3.05) is 0 Å². The van der Waals surface area contributed by atoms with Crippen molar-refractivity contribution >= 4 is 28.9 Å². The van der Waals surface area contributed by atoms with Gasteiger partial charge < -0.3 is 22.8 Å². The molecule has 112 heavy (non-hydrogen) atoms. The van der Waals surface area contributed by atoms with Gasteiger partial charge in [0, 0.05) is 186 Å². The Labute approximate surface area is 663 Å². The minimum Gasteiger partial charge on any atom is -0.308 e. The number of fused-ring (bicyclic) bond motifs is 5. The SMILES string of the molecule is CC(C)Cc1cc(-c2cn3ccnc3n2C)[n+](C)cc1C(C)C.CC(C)c1cc(-c2cn3ccnc3n2C)[n+](C)cc1C(C)C.Cc1c[n+](C)c(-c2cn3ccnc3n2C)cc1C1CCCC1.Cc1c[n+](C)c(-c2cn3ccnc3n2C)cc1C1CCCCC1.Cc1c[n+](C)c(-c2cn3ccnc3n2C)cc1CC(C)(C)C. The smallest absolute Gasteiger partial charge is 0.230 e. The molecule has 2 aliphatic carbocycles. The number of rotatable bonds is 13. The van der Waals surface area contributed by atoms with Crippen molar-refractivity contribution in [3.63, 3.8) is 0 Å². The first-order valence-electron chi connectivity index (χ1n) is 40.8. The lowest BCUT2D eigenvalue weighted by atomic mass is 9.82. The molecule has 0 unspecified atom stereocenters. The van der Waals surface area contributed by atoms with Gasteiger partial charge in [-0.3, -0.25) is 22.0 Å². The van der Waals surface area contributed by atoms with E-state index >= 15 is 0 Å². The van der Waals surface area contributed by atoms with Crippen LogP contribution >= 0.6 is 0 Å². The molecule has 20 nitrogen and oxygen atoms in total. The molecule has 0 amide bonds. The van der Waals surface area contributed by atoms with E-state index in [1.54, 1.807) is 0 Å². The van der Waals surface area contributed by atoms with E-state index in [1.807, 2.05) is 62.0 Å². The Morgan fingerprint density at radius 2 is 0.643 bits per heavy atom. The average Bonchev–Trinajstić information content (AvgIpc) is 1.64. The van der Waals surface area contributed by atoms with Gasteiger partial charge in [0.05, 0.1) is 0 Å². The fourth-order valence-electron chi connectivity index (χ4n) is 17.6. The Balaban J connectivity index is 0.000000123. The first-order valence-corrected chi connectivity index (χ1v) is 40.8. The molecular formula is C92H125N20+5. The molecule has 15 heterocycles. The summed E-state index contributed by atoms with van der Waals surface area (Å²) in [4.78, 5) is 22.1.